The molecule has 4 nitrogen and oxygen atoms in total. The van der Waals surface area contributed by atoms with E-state index in [0.717, 1.165) is 23.5 Å². The Morgan fingerprint density at radius 1 is 1.20 bits per heavy atom. The van der Waals surface area contributed by atoms with Gasteiger partial charge in [0.2, 0.25) is 6.10 Å². The van der Waals surface area contributed by atoms with Gasteiger partial charge in [-0.2, -0.15) is 0 Å². The minimum atomic E-state index is -1.27. The predicted octanol–water partition coefficient (Wildman–Crippen LogP) is 2.92. The van der Waals surface area contributed by atoms with Gasteiger partial charge < -0.3 is 10.5 Å². The molecular formula is C13H9ClFNO3S. The summed E-state index contributed by atoms with van der Waals surface area (Å²) in [6.45, 7) is 0. The van der Waals surface area contributed by atoms with E-state index >= 15 is 0 Å². The maximum absolute atomic E-state index is 12.8. The zero-order valence-corrected chi connectivity index (χ0v) is 11.6. The summed E-state index contributed by atoms with van der Waals surface area (Å²) >= 11 is 6.74. The van der Waals surface area contributed by atoms with E-state index < -0.39 is 23.8 Å². The highest BCUT2D eigenvalue weighted by molar-refractivity contribution is 7.17. The SMILES string of the molecule is NC(=O)[C@H](OC(=O)c1ccc(Cl)s1)c1ccc(F)cc1. The van der Waals surface area contributed by atoms with Gasteiger partial charge in [0.1, 0.15) is 10.7 Å². The van der Waals surface area contributed by atoms with Crippen LogP contribution in [0.5, 0.6) is 0 Å². The van der Waals surface area contributed by atoms with Crippen LogP contribution in [-0.4, -0.2) is 11.9 Å². The molecule has 2 rings (SSSR count). The molecule has 2 aromatic rings. The lowest BCUT2D eigenvalue weighted by molar-refractivity contribution is -0.127. The third kappa shape index (κ3) is 3.34. The van der Waals surface area contributed by atoms with Crippen molar-refractivity contribution in [3.05, 3.63) is 57.0 Å². The molecule has 1 atom stereocenters. The molecule has 1 heterocycles. The second-order valence-corrected chi connectivity index (χ2v) is 5.56. The third-order valence-corrected chi connectivity index (χ3v) is 3.64. The number of nitrogens with two attached hydrogens (primary N) is 1. The Bertz CT molecular complexity index is 641. The van der Waals surface area contributed by atoms with E-state index in [-0.39, 0.29) is 4.88 Å². The van der Waals surface area contributed by atoms with Crippen LogP contribution in [0.2, 0.25) is 4.34 Å². The van der Waals surface area contributed by atoms with E-state index in [9.17, 15) is 14.0 Å². The molecule has 0 saturated heterocycles. The van der Waals surface area contributed by atoms with Gasteiger partial charge in [0.15, 0.2) is 0 Å². The summed E-state index contributed by atoms with van der Waals surface area (Å²) in [7, 11) is 0. The van der Waals surface area contributed by atoms with Gasteiger partial charge in [-0.05, 0) is 24.3 Å². The largest absolute Gasteiger partial charge is 0.443 e. The van der Waals surface area contributed by atoms with Crippen molar-refractivity contribution in [1.82, 2.24) is 0 Å². The molecule has 0 bridgehead atoms. The molecule has 0 saturated carbocycles. The van der Waals surface area contributed by atoms with E-state index in [1.807, 2.05) is 0 Å². The van der Waals surface area contributed by atoms with Crippen molar-refractivity contribution >= 4 is 34.8 Å². The van der Waals surface area contributed by atoms with Crippen LogP contribution in [0.1, 0.15) is 21.3 Å². The molecule has 7 heteroatoms. The molecule has 0 unspecified atom stereocenters. The highest BCUT2D eigenvalue weighted by Gasteiger charge is 2.24. The summed E-state index contributed by atoms with van der Waals surface area (Å²) in [5, 5.41) is 0. The summed E-state index contributed by atoms with van der Waals surface area (Å²) < 4.78 is 18.3. The molecule has 0 fully saturated rings. The van der Waals surface area contributed by atoms with Gasteiger partial charge in [0.25, 0.3) is 5.91 Å². The lowest BCUT2D eigenvalue weighted by atomic mass is 10.1. The molecule has 20 heavy (non-hydrogen) atoms. The topological polar surface area (TPSA) is 69.4 Å². The van der Waals surface area contributed by atoms with Crippen LogP contribution in [0.3, 0.4) is 0 Å². The Morgan fingerprint density at radius 3 is 2.35 bits per heavy atom. The smallest absolute Gasteiger partial charge is 0.349 e. The summed E-state index contributed by atoms with van der Waals surface area (Å²) in [6.07, 6.45) is -1.27. The molecule has 1 aromatic carbocycles. The number of carbonyl (C=O) groups excluding carboxylic acids is 2. The van der Waals surface area contributed by atoms with Crippen LogP contribution in [0.4, 0.5) is 4.39 Å². The van der Waals surface area contributed by atoms with E-state index in [0.29, 0.717) is 9.90 Å². The van der Waals surface area contributed by atoms with Gasteiger partial charge in [0.05, 0.1) is 4.34 Å². The zero-order chi connectivity index (χ0) is 14.7. The van der Waals surface area contributed by atoms with Gasteiger partial charge in [-0.15, -0.1) is 11.3 Å². The van der Waals surface area contributed by atoms with Crippen molar-refractivity contribution in [2.24, 2.45) is 5.73 Å². The maximum Gasteiger partial charge on any atom is 0.349 e. The number of ether oxygens (including phenoxy) is 1. The van der Waals surface area contributed by atoms with Crippen LogP contribution in [0, 0.1) is 5.82 Å². The fourth-order valence-electron chi connectivity index (χ4n) is 1.52. The number of benzene rings is 1. The summed E-state index contributed by atoms with van der Waals surface area (Å²) in [4.78, 5) is 23.5. The number of hydrogen-bond donors (Lipinski definition) is 1. The molecule has 2 N–H and O–H groups in total. The molecule has 1 aromatic heterocycles. The standard InChI is InChI=1S/C13H9ClFNO3S/c14-10-6-5-9(20-10)13(18)19-11(12(16)17)7-1-3-8(15)4-2-7/h1-6,11H,(H2,16,17)/t11-/m1/s1. The first-order valence-corrected chi connectivity index (χ1v) is 6.68. The van der Waals surface area contributed by atoms with Crippen LogP contribution in [-0.2, 0) is 9.53 Å². The van der Waals surface area contributed by atoms with Gasteiger partial charge in [0, 0.05) is 5.56 Å². The first kappa shape index (κ1) is 14.5. The number of thiophene rings is 1. The number of halogens is 2. The van der Waals surface area contributed by atoms with Gasteiger partial charge in [-0.3, -0.25) is 4.79 Å². The summed E-state index contributed by atoms with van der Waals surface area (Å²) in [5.41, 5.74) is 5.51. The van der Waals surface area contributed by atoms with Gasteiger partial charge in [-0.1, -0.05) is 23.7 Å². The molecule has 0 aliphatic carbocycles. The molecule has 1 amide bonds. The second-order valence-electron chi connectivity index (χ2n) is 3.84. The lowest BCUT2D eigenvalue weighted by Crippen LogP contribution is -2.26. The van der Waals surface area contributed by atoms with Gasteiger partial charge >= 0.3 is 5.97 Å². The maximum atomic E-state index is 12.8. The normalized spacial score (nSPS) is 11.9. The molecule has 0 radical (unpaired) electrons. The van der Waals surface area contributed by atoms with E-state index in [2.05, 4.69) is 0 Å². The van der Waals surface area contributed by atoms with Crippen LogP contribution in [0.25, 0.3) is 0 Å². The second kappa shape index (κ2) is 6.02. The number of carbonyl (C=O) groups is 2. The molecule has 0 aliphatic heterocycles. The molecule has 104 valence electrons. The number of amides is 1. The number of primary amides is 1. The van der Waals surface area contributed by atoms with Gasteiger partial charge in [-0.25, -0.2) is 9.18 Å². The Morgan fingerprint density at radius 2 is 1.85 bits per heavy atom. The van der Waals surface area contributed by atoms with Crippen molar-refractivity contribution < 1.29 is 18.7 Å². The highest BCUT2D eigenvalue weighted by atomic mass is 35.5. The zero-order valence-electron chi connectivity index (χ0n) is 10.0. The quantitative estimate of drug-likeness (QED) is 0.882. The molecule has 0 aliphatic rings. The predicted molar refractivity (Wildman–Crippen MR) is 73.1 cm³/mol. The Kier molecular flexibility index (Phi) is 4.36. The fraction of sp³-hybridized carbons (Fsp3) is 0.0769. The fourth-order valence-corrected chi connectivity index (χ4v) is 2.44. The Labute approximate surface area is 122 Å². The molecular weight excluding hydrogens is 305 g/mol. The van der Waals surface area contributed by atoms with Crippen molar-refractivity contribution in [1.29, 1.82) is 0 Å². The van der Waals surface area contributed by atoms with Crippen molar-refractivity contribution in [2.75, 3.05) is 0 Å². The minimum Gasteiger partial charge on any atom is -0.443 e. The average molecular weight is 314 g/mol. The summed E-state index contributed by atoms with van der Waals surface area (Å²) in [5.74, 6) is -2.02. The van der Waals surface area contributed by atoms with E-state index in [1.165, 1.54) is 18.2 Å². The van der Waals surface area contributed by atoms with Crippen LogP contribution in [0.15, 0.2) is 36.4 Å². The van der Waals surface area contributed by atoms with Crippen molar-refractivity contribution in [2.45, 2.75) is 6.10 Å². The Hall–Kier alpha value is -1.92. The number of rotatable bonds is 4. The minimum absolute atomic E-state index is 0.253. The highest BCUT2D eigenvalue weighted by Crippen LogP contribution is 2.25. The van der Waals surface area contributed by atoms with Crippen molar-refractivity contribution in [3.63, 3.8) is 0 Å². The van der Waals surface area contributed by atoms with E-state index in [1.54, 1.807) is 6.07 Å². The molecule has 0 spiro atoms. The lowest BCUT2D eigenvalue weighted by Gasteiger charge is -2.14. The van der Waals surface area contributed by atoms with Crippen LogP contribution >= 0.6 is 22.9 Å². The monoisotopic (exact) mass is 313 g/mol. The third-order valence-electron chi connectivity index (χ3n) is 2.43. The first-order chi connectivity index (χ1) is 9.47. The first-order valence-electron chi connectivity index (χ1n) is 5.48. The van der Waals surface area contributed by atoms with Crippen LogP contribution < -0.4 is 5.73 Å². The number of hydrogen-bond acceptors (Lipinski definition) is 4. The van der Waals surface area contributed by atoms with E-state index in [4.69, 9.17) is 22.1 Å². The average Bonchev–Trinajstić information content (AvgIpc) is 2.83. The Balaban J connectivity index is 2.20. The van der Waals surface area contributed by atoms with Crippen molar-refractivity contribution in [3.8, 4) is 0 Å². The summed E-state index contributed by atoms with van der Waals surface area (Å²) in [6, 6.07) is 8.00. The number of esters is 1.